The molecule has 1 fully saturated rings. The minimum atomic E-state index is -0.469. The Balaban J connectivity index is 1.69. The van der Waals surface area contributed by atoms with Crippen LogP contribution in [0.25, 0.3) is 0 Å². The summed E-state index contributed by atoms with van der Waals surface area (Å²) in [5.74, 6) is -1.14. The summed E-state index contributed by atoms with van der Waals surface area (Å²) in [5, 5.41) is 7.01. The Bertz CT molecular complexity index is 847. The van der Waals surface area contributed by atoms with Crippen LogP contribution in [0.2, 0.25) is 0 Å². The first kappa shape index (κ1) is 19.2. The van der Waals surface area contributed by atoms with Crippen LogP contribution < -0.4 is 15.5 Å². The van der Waals surface area contributed by atoms with E-state index in [0.717, 1.165) is 11.3 Å². The number of morpholine rings is 1. The van der Waals surface area contributed by atoms with Crippen LogP contribution >= 0.6 is 11.3 Å². The number of amides is 2. The highest BCUT2D eigenvalue weighted by Gasteiger charge is 2.24. The average molecular weight is 392 g/mol. The number of benzene rings is 1. The number of hydrogen-bond acceptors (Lipinski definition) is 6. The smallest absolute Gasteiger partial charge is 0.275 e. The fraction of sp³-hybridized carbons (Fsp3) is 0.389. The highest BCUT2D eigenvalue weighted by molar-refractivity contribution is 7.14. The van der Waals surface area contributed by atoms with Gasteiger partial charge in [0.25, 0.3) is 5.91 Å². The Morgan fingerprint density at radius 1 is 1.26 bits per heavy atom. The second kappa shape index (κ2) is 8.01. The standard InChI is InChI=1S/C18H21FN4O3S/c1-10-7-23(8-11(2)26-10)16-5-4-13(6-14(16)19)21-17(25)15-9-27-18(22-15)20-12(3)24/h4-6,9-11H,7-8H2,1-3H3,(H,21,25)(H,20,22,24)/t10-,11-/m1/s1. The molecule has 0 spiro atoms. The third-order valence-electron chi connectivity index (χ3n) is 3.99. The van der Waals surface area contributed by atoms with Gasteiger partial charge in [-0.1, -0.05) is 0 Å². The lowest BCUT2D eigenvalue weighted by atomic mass is 10.2. The normalized spacial score (nSPS) is 19.6. The van der Waals surface area contributed by atoms with Crippen LogP contribution in [-0.4, -0.2) is 42.1 Å². The summed E-state index contributed by atoms with van der Waals surface area (Å²) in [6.07, 6.45) is 0.0463. The van der Waals surface area contributed by atoms with Crippen molar-refractivity contribution in [1.82, 2.24) is 4.98 Å². The number of nitrogens with zero attached hydrogens (tertiary/aromatic N) is 2. The summed E-state index contributed by atoms with van der Waals surface area (Å²) in [7, 11) is 0. The number of carbonyl (C=O) groups is 2. The van der Waals surface area contributed by atoms with E-state index >= 15 is 0 Å². The Labute approximate surface area is 160 Å². The van der Waals surface area contributed by atoms with Crippen molar-refractivity contribution in [3.05, 3.63) is 35.1 Å². The van der Waals surface area contributed by atoms with E-state index in [2.05, 4.69) is 15.6 Å². The van der Waals surface area contributed by atoms with Crippen molar-refractivity contribution in [2.75, 3.05) is 28.6 Å². The van der Waals surface area contributed by atoms with E-state index in [9.17, 15) is 14.0 Å². The first-order valence-corrected chi connectivity index (χ1v) is 9.44. The second-order valence-corrected chi connectivity index (χ2v) is 7.36. The van der Waals surface area contributed by atoms with Crippen LogP contribution in [0.1, 0.15) is 31.3 Å². The Kier molecular flexibility index (Phi) is 5.71. The molecule has 3 rings (SSSR count). The molecule has 0 unspecified atom stereocenters. The molecule has 2 atom stereocenters. The highest BCUT2D eigenvalue weighted by atomic mass is 32.1. The molecule has 7 nitrogen and oxygen atoms in total. The third kappa shape index (κ3) is 4.81. The van der Waals surface area contributed by atoms with Gasteiger partial charge in [0.2, 0.25) is 5.91 Å². The molecule has 1 aliphatic rings. The fourth-order valence-electron chi connectivity index (χ4n) is 3.00. The minimum Gasteiger partial charge on any atom is -0.372 e. The number of hydrogen-bond donors (Lipinski definition) is 2. The van der Waals surface area contributed by atoms with Crippen molar-refractivity contribution in [3.8, 4) is 0 Å². The molecular formula is C18H21FN4O3S. The van der Waals surface area contributed by atoms with Crippen LogP contribution in [0.4, 0.5) is 20.9 Å². The van der Waals surface area contributed by atoms with E-state index in [1.54, 1.807) is 12.1 Å². The molecule has 2 aromatic rings. The summed E-state index contributed by atoms with van der Waals surface area (Å²) >= 11 is 1.15. The van der Waals surface area contributed by atoms with Gasteiger partial charge in [0, 0.05) is 31.1 Å². The van der Waals surface area contributed by atoms with Crippen LogP contribution in [-0.2, 0) is 9.53 Å². The van der Waals surface area contributed by atoms with Crippen LogP contribution in [0.5, 0.6) is 0 Å². The van der Waals surface area contributed by atoms with Gasteiger partial charge in [-0.3, -0.25) is 9.59 Å². The molecule has 0 radical (unpaired) electrons. The van der Waals surface area contributed by atoms with E-state index in [1.165, 1.54) is 18.4 Å². The maximum Gasteiger partial charge on any atom is 0.275 e. The largest absolute Gasteiger partial charge is 0.372 e. The Hall–Kier alpha value is -2.52. The van der Waals surface area contributed by atoms with Gasteiger partial charge in [0.15, 0.2) is 5.13 Å². The summed E-state index contributed by atoms with van der Waals surface area (Å²) in [4.78, 5) is 29.3. The van der Waals surface area contributed by atoms with Crippen molar-refractivity contribution in [2.24, 2.45) is 0 Å². The van der Waals surface area contributed by atoms with E-state index in [1.807, 2.05) is 18.7 Å². The molecule has 2 heterocycles. The molecule has 0 aliphatic carbocycles. The van der Waals surface area contributed by atoms with Gasteiger partial charge in [-0.25, -0.2) is 9.37 Å². The van der Waals surface area contributed by atoms with Crippen molar-refractivity contribution in [2.45, 2.75) is 33.0 Å². The fourth-order valence-corrected chi connectivity index (χ4v) is 3.73. The summed E-state index contributed by atoms with van der Waals surface area (Å²) in [5.41, 5.74) is 0.977. The molecule has 144 valence electrons. The lowest BCUT2D eigenvalue weighted by Crippen LogP contribution is -2.45. The van der Waals surface area contributed by atoms with Gasteiger partial charge in [0.1, 0.15) is 11.5 Å². The van der Waals surface area contributed by atoms with Crippen molar-refractivity contribution >= 4 is 39.7 Å². The van der Waals surface area contributed by atoms with E-state index in [-0.39, 0.29) is 23.8 Å². The van der Waals surface area contributed by atoms with E-state index in [0.29, 0.717) is 29.6 Å². The van der Waals surface area contributed by atoms with Crippen molar-refractivity contribution < 1.29 is 18.7 Å². The third-order valence-corrected chi connectivity index (χ3v) is 4.74. The summed E-state index contributed by atoms with van der Waals surface area (Å²) in [6.45, 7) is 6.49. The number of carbonyl (C=O) groups excluding carboxylic acids is 2. The first-order valence-electron chi connectivity index (χ1n) is 8.56. The Morgan fingerprint density at radius 3 is 2.59 bits per heavy atom. The number of ether oxygens (including phenoxy) is 1. The van der Waals surface area contributed by atoms with E-state index in [4.69, 9.17) is 4.74 Å². The zero-order valence-electron chi connectivity index (χ0n) is 15.3. The number of aromatic nitrogens is 1. The van der Waals surface area contributed by atoms with Crippen LogP contribution in [0.3, 0.4) is 0 Å². The van der Waals surface area contributed by atoms with Gasteiger partial charge >= 0.3 is 0 Å². The zero-order chi connectivity index (χ0) is 19.6. The van der Waals surface area contributed by atoms with Gasteiger partial charge in [0.05, 0.1) is 17.9 Å². The second-order valence-electron chi connectivity index (χ2n) is 6.50. The minimum absolute atomic E-state index is 0.0232. The lowest BCUT2D eigenvalue weighted by Gasteiger charge is -2.37. The monoisotopic (exact) mass is 392 g/mol. The predicted octanol–water partition coefficient (Wildman–Crippen LogP) is 3.11. The molecule has 1 aromatic heterocycles. The molecule has 0 bridgehead atoms. The Morgan fingerprint density at radius 2 is 1.96 bits per heavy atom. The molecule has 1 aliphatic heterocycles. The maximum atomic E-state index is 14.6. The number of thiazole rings is 1. The maximum absolute atomic E-state index is 14.6. The number of anilines is 3. The molecule has 2 N–H and O–H groups in total. The van der Waals surface area contributed by atoms with Gasteiger partial charge in [-0.05, 0) is 32.0 Å². The highest BCUT2D eigenvalue weighted by Crippen LogP contribution is 2.26. The molecule has 1 saturated heterocycles. The quantitative estimate of drug-likeness (QED) is 0.835. The van der Waals surface area contributed by atoms with Crippen LogP contribution in [0, 0.1) is 5.82 Å². The topological polar surface area (TPSA) is 83.6 Å². The molecule has 9 heteroatoms. The molecular weight excluding hydrogens is 371 g/mol. The van der Waals surface area contributed by atoms with Crippen molar-refractivity contribution in [3.63, 3.8) is 0 Å². The first-order chi connectivity index (χ1) is 12.8. The van der Waals surface area contributed by atoms with Gasteiger partial charge in [-0.15, -0.1) is 11.3 Å². The molecule has 1 aromatic carbocycles. The van der Waals surface area contributed by atoms with Crippen molar-refractivity contribution in [1.29, 1.82) is 0 Å². The lowest BCUT2D eigenvalue weighted by molar-refractivity contribution is -0.114. The molecule has 27 heavy (non-hydrogen) atoms. The molecule has 2 amide bonds. The SMILES string of the molecule is CC(=O)Nc1nc(C(=O)Nc2ccc(N3C[C@@H](C)O[C@H](C)C3)c(F)c2)cs1. The van der Waals surface area contributed by atoms with E-state index < -0.39 is 11.7 Å². The summed E-state index contributed by atoms with van der Waals surface area (Å²) < 4.78 is 20.3. The van der Waals surface area contributed by atoms with Crippen LogP contribution in [0.15, 0.2) is 23.6 Å². The van der Waals surface area contributed by atoms with Gasteiger partial charge < -0.3 is 20.3 Å². The zero-order valence-corrected chi connectivity index (χ0v) is 16.1. The number of nitrogens with one attached hydrogen (secondary N) is 2. The number of rotatable bonds is 4. The predicted molar refractivity (Wildman–Crippen MR) is 103 cm³/mol. The van der Waals surface area contributed by atoms with Gasteiger partial charge in [-0.2, -0.15) is 0 Å². The average Bonchev–Trinajstić information content (AvgIpc) is 3.01. The molecule has 0 saturated carbocycles. The number of halogens is 1. The summed E-state index contributed by atoms with van der Waals surface area (Å²) in [6, 6.07) is 4.60.